The Hall–Kier alpha value is 0.140. The van der Waals surface area contributed by atoms with Crippen LogP contribution in [-0.4, -0.2) is 59.6 Å². The van der Waals surface area contributed by atoms with Gasteiger partial charge < -0.3 is 19.3 Å². The van der Waals surface area contributed by atoms with Crippen molar-refractivity contribution in [2.24, 2.45) is 11.8 Å². The second-order valence-electron chi connectivity index (χ2n) is 13.0. The molecule has 0 aromatic carbocycles. The highest BCUT2D eigenvalue weighted by Gasteiger charge is 2.47. The van der Waals surface area contributed by atoms with E-state index < -0.39 is 46.0 Å². The minimum Gasteiger partial charge on any atom is -0.375 e. The molecule has 5 rings (SSSR count). The molecule has 0 spiro atoms. The van der Waals surface area contributed by atoms with E-state index in [0.717, 1.165) is 51.4 Å². The predicted octanol–water partition coefficient (Wildman–Crippen LogP) is 7.21. The molecule has 3 unspecified atom stereocenters. The maximum absolute atomic E-state index is 13.2. The molecule has 0 aromatic heterocycles. The first-order chi connectivity index (χ1) is 19.8. The van der Waals surface area contributed by atoms with Crippen LogP contribution in [0.2, 0.25) is 0 Å². The Labute approximate surface area is 245 Å². The van der Waals surface area contributed by atoms with Gasteiger partial charge in [-0.05, 0) is 38.0 Å². The van der Waals surface area contributed by atoms with Crippen LogP contribution < -0.4 is 0 Å². The van der Waals surface area contributed by atoms with Gasteiger partial charge in [0, 0.05) is 18.8 Å². The van der Waals surface area contributed by atoms with E-state index in [2.05, 4.69) is 0 Å². The Bertz CT molecular complexity index is 885. The third kappa shape index (κ3) is 10.1. The lowest BCUT2D eigenvalue weighted by Gasteiger charge is -2.29. The monoisotopic (exact) mass is 622 g/mol. The molecule has 5 fully saturated rings. The molecular weight excluding hydrogens is 570 g/mol. The highest BCUT2D eigenvalue weighted by Crippen LogP contribution is 2.54. The van der Waals surface area contributed by atoms with Crippen LogP contribution in [0.3, 0.4) is 0 Å². The normalized spacial score (nSPS) is 43.6. The molecule has 0 aromatic rings. The number of fused-ring (bicyclic) bond motifs is 3. The van der Waals surface area contributed by atoms with Gasteiger partial charge in [-0.25, -0.2) is 9.13 Å². The Morgan fingerprint density at radius 3 is 1.73 bits per heavy atom. The molecule has 2 saturated heterocycles. The molecule has 0 amide bonds. The minimum atomic E-state index is -4.42. The topological polar surface area (TPSA) is 130 Å². The van der Waals surface area contributed by atoms with Gasteiger partial charge in [-0.3, -0.25) is 18.1 Å². The van der Waals surface area contributed by atoms with Crippen LogP contribution in [0.5, 0.6) is 0 Å². The van der Waals surface area contributed by atoms with Crippen molar-refractivity contribution in [3.63, 3.8) is 0 Å². The molecule has 5 aliphatic rings. The summed E-state index contributed by atoms with van der Waals surface area (Å²) in [4.78, 5) is 21.5. The summed E-state index contributed by atoms with van der Waals surface area (Å²) in [6, 6.07) is 0. The van der Waals surface area contributed by atoms with E-state index in [1.54, 1.807) is 0 Å². The first-order valence-electron chi connectivity index (χ1n) is 16.4. The largest absolute Gasteiger partial charge is 0.472 e. The summed E-state index contributed by atoms with van der Waals surface area (Å²) in [5, 5.41) is 0. The fourth-order valence-electron chi connectivity index (χ4n) is 7.60. The smallest absolute Gasteiger partial charge is 0.375 e. The third-order valence-electron chi connectivity index (χ3n) is 9.76. The third-order valence-corrected chi connectivity index (χ3v) is 11.8. The fourth-order valence-corrected chi connectivity index (χ4v) is 9.61. The van der Waals surface area contributed by atoms with Crippen LogP contribution in [0.15, 0.2) is 0 Å². The van der Waals surface area contributed by atoms with Crippen molar-refractivity contribution in [1.29, 1.82) is 0 Å². The zero-order valence-electron chi connectivity index (χ0n) is 24.5. The van der Waals surface area contributed by atoms with Gasteiger partial charge in [0.15, 0.2) is 0 Å². The summed E-state index contributed by atoms with van der Waals surface area (Å²) in [5.74, 6) is -0.216. The van der Waals surface area contributed by atoms with E-state index in [-0.39, 0.29) is 31.3 Å². The summed E-state index contributed by atoms with van der Waals surface area (Å²) in [6.07, 6.45) is 17.1. The zero-order valence-corrected chi connectivity index (χ0v) is 26.3. The zero-order chi connectivity index (χ0) is 28.7. The van der Waals surface area contributed by atoms with E-state index in [4.69, 9.17) is 27.6 Å². The standard InChI is InChI=1S/C29H52O10P2/c30-40(31)34-20-23-17-25(36-24-15-11-7-3-4-8-12-16-24)18-27(23)38-41(32,33)35-21-26-19-28(39-40)29(37-26)22-13-9-5-1-2-6-10-14-22/h22-29H,1-21H2,(H,30,31)(H,32,33)/t23-,25-,26+,27+,28-,29?/m1/s1. The number of phosphoric acid groups is 2. The van der Waals surface area contributed by atoms with Gasteiger partial charge in [0.05, 0.1) is 49.8 Å². The van der Waals surface area contributed by atoms with Crippen molar-refractivity contribution in [2.45, 2.75) is 159 Å². The maximum Gasteiger partial charge on any atom is 0.472 e. The van der Waals surface area contributed by atoms with E-state index in [1.165, 1.54) is 51.4 Å². The van der Waals surface area contributed by atoms with Crippen molar-refractivity contribution in [3.8, 4) is 0 Å². The Morgan fingerprint density at radius 1 is 0.561 bits per heavy atom. The molecule has 2 bridgehead atoms. The molecule has 2 aliphatic heterocycles. The SMILES string of the molecule is O=P1(O)OC[C@@H]2C[C@@H](OP(=O)(O)OC[C@H]3C[C@@H](OC4CCCCCCCC4)C[C@@H]3O1)C(C1CCCCCCCC1)O2. The van der Waals surface area contributed by atoms with Crippen LogP contribution in [-0.2, 0) is 36.7 Å². The summed E-state index contributed by atoms with van der Waals surface area (Å²) in [7, 11) is -8.82. The van der Waals surface area contributed by atoms with E-state index >= 15 is 0 Å². The molecule has 41 heavy (non-hydrogen) atoms. The summed E-state index contributed by atoms with van der Waals surface area (Å²) >= 11 is 0. The highest BCUT2D eigenvalue weighted by atomic mass is 31.2. The minimum absolute atomic E-state index is 0.131. The average Bonchev–Trinajstić information content (AvgIpc) is 3.54. The van der Waals surface area contributed by atoms with Gasteiger partial charge in [-0.2, -0.15) is 0 Å². The molecule has 3 saturated carbocycles. The van der Waals surface area contributed by atoms with Gasteiger partial charge in [-0.1, -0.05) is 77.0 Å². The average molecular weight is 623 g/mol. The molecule has 10 nitrogen and oxygen atoms in total. The van der Waals surface area contributed by atoms with Crippen LogP contribution >= 0.6 is 15.6 Å². The molecule has 2 heterocycles. The van der Waals surface area contributed by atoms with Gasteiger partial charge in [0.1, 0.15) is 0 Å². The van der Waals surface area contributed by atoms with Crippen LogP contribution in [0.1, 0.15) is 122 Å². The molecule has 2 N–H and O–H groups in total. The Morgan fingerprint density at radius 2 is 1.10 bits per heavy atom. The molecule has 238 valence electrons. The van der Waals surface area contributed by atoms with Crippen molar-refractivity contribution >= 4 is 15.6 Å². The van der Waals surface area contributed by atoms with Crippen molar-refractivity contribution in [3.05, 3.63) is 0 Å². The van der Waals surface area contributed by atoms with Crippen LogP contribution in [0.4, 0.5) is 0 Å². The van der Waals surface area contributed by atoms with Gasteiger partial charge in [0.2, 0.25) is 0 Å². The van der Waals surface area contributed by atoms with Crippen molar-refractivity contribution in [2.75, 3.05) is 13.2 Å². The first kappa shape index (κ1) is 32.5. The van der Waals surface area contributed by atoms with Crippen LogP contribution in [0, 0.1) is 11.8 Å². The lowest BCUT2D eigenvalue weighted by Crippen LogP contribution is -2.32. The first-order valence-corrected chi connectivity index (χ1v) is 19.4. The molecular formula is C29H52O10P2. The van der Waals surface area contributed by atoms with E-state index in [0.29, 0.717) is 19.3 Å². The van der Waals surface area contributed by atoms with E-state index in [1.807, 2.05) is 0 Å². The number of hydrogen-bond acceptors (Lipinski definition) is 8. The molecule has 0 radical (unpaired) electrons. The Balaban J connectivity index is 1.26. The highest BCUT2D eigenvalue weighted by molar-refractivity contribution is 7.47. The number of rotatable bonds is 3. The Kier molecular flexibility index (Phi) is 12.2. The number of phosphoric ester groups is 2. The van der Waals surface area contributed by atoms with E-state index in [9.17, 15) is 18.9 Å². The molecule has 12 heteroatoms. The number of hydrogen-bond donors (Lipinski definition) is 2. The van der Waals surface area contributed by atoms with Crippen molar-refractivity contribution in [1.82, 2.24) is 0 Å². The summed E-state index contributed by atoms with van der Waals surface area (Å²) in [6.45, 7) is -0.277. The predicted molar refractivity (Wildman–Crippen MR) is 153 cm³/mol. The lowest BCUT2D eigenvalue weighted by molar-refractivity contribution is -0.0501. The van der Waals surface area contributed by atoms with Gasteiger partial charge >= 0.3 is 15.6 Å². The summed E-state index contributed by atoms with van der Waals surface area (Å²) < 4.78 is 61.6. The second-order valence-corrected chi connectivity index (χ2v) is 15.9. The van der Waals surface area contributed by atoms with Crippen LogP contribution in [0.25, 0.3) is 0 Å². The number of ether oxygens (including phenoxy) is 2. The molecule has 8 atom stereocenters. The maximum atomic E-state index is 13.2. The summed E-state index contributed by atoms with van der Waals surface area (Å²) in [5.41, 5.74) is 0. The quantitative estimate of drug-likeness (QED) is 0.311. The van der Waals surface area contributed by atoms with Crippen molar-refractivity contribution < 1.29 is 46.5 Å². The van der Waals surface area contributed by atoms with Gasteiger partial charge in [0.25, 0.3) is 0 Å². The fraction of sp³-hybridized carbons (Fsp3) is 1.00. The lowest BCUT2D eigenvalue weighted by atomic mass is 9.88. The second kappa shape index (κ2) is 15.4. The molecule has 3 aliphatic carbocycles. The van der Waals surface area contributed by atoms with Gasteiger partial charge in [-0.15, -0.1) is 0 Å².